The molecule has 0 bridgehead atoms. The van der Waals surface area contributed by atoms with Gasteiger partial charge in [0.2, 0.25) is 0 Å². The van der Waals surface area contributed by atoms with Crippen LogP contribution in [0.5, 0.6) is 0 Å². The maximum atomic E-state index is 6.77. The number of anilines is 3. The fourth-order valence-electron chi connectivity index (χ4n) is 8.03. The van der Waals surface area contributed by atoms with Crippen LogP contribution in [-0.2, 0) is 5.41 Å². The van der Waals surface area contributed by atoms with Gasteiger partial charge in [-0.25, -0.2) is 0 Å². The van der Waals surface area contributed by atoms with Crippen LogP contribution in [0, 0.1) is 0 Å². The highest BCUT2D eigenvalue weighted by Gasteiger charge is 2.38. The molecule has 2 nitrogen and oxygen atoms in total. The predicted octanol–water partition coefficient (Wildman–Crippen LogP) is 13.4. The quantitative estimate of drug-likeness (QED) is 0.192. The Morgan fingerprint density at radius 3 is 2.17 bits per heavy atom. The minimum absolute atomic E-state index is 0.113. The van der Waals surface area contributed by atoms with Gasteiger partial charge in [-0.2, -0.15) is 0 Å². The summed E-state index contributed by atoms with van der Waals surface area (Å²) in [7, 11) is 0. The van der Waals surface area contributed by atoms with Crippen molar-refractivity contribution >= 4 is 70.5 Å². The van der Waals surface area contributed by atoms with E-state index in [0.29, 0.717) is 0 Å². The van der Waals surface area contributed by atoms with Gasteiger partial charge in [0.15, 0.2) is 0 Å². The van der Waals surface area contributed by atoms with Crippen LogP contribution in [0.2, 0.25) is 0 Å². The van der Waals surface area contributed by atoms with E-state index in [0.717, 1.165) is 44.4 Å². The van der Waals surface area contributed by atoms with Gasteiger partial charge < -0.3 is 9.32 Å². The normalized spacial score (nSPS) is 13.4. The van der Waals surface area contributed by atoms with Crippen molar-refractivity contribution in [3.8, 4) is 22.3 Å². The molecule has 0 saturated carbocycles. The first-order valence-corrected chi connectivity index (χ1v) is 17.3. The smallest absolute Gasteiger partial charge is 0.145 e. The lowest BCUT2D eigenvalue weighted by molar-refractivity contribution is 0.660. The van der Waals surface area contributed by atoms with Gasteiger partial charge in [-0.3, -0.25) is 0 Å². The van der Waals surface area contributed by atoms with Gasteiger partial charge in [0, 0.05) is 47.8 Å². The second-order valence-electron chi connectivity index (χ2n) is 13.3. The largest absolute Gasteiger partial charge is 0.455 e. The number of thiophene rings is 1. The first-order chi connectivity index (χ1) is 23.6. The number of furan rings is 1. The van der Waals surface area contributed by atoms with Gasteiger partial charge in [-0.05, 0) is 64.7 Å². The van der Waals surface area contributed by atoms with Gasteiger partial charge >= 0.3 is 0 Å². The molecular weight excluding hydrogens is 603 g/mol. The summed E-state index contributed by atoms with van der Waals surface area (Å²) in [4.78, 5) is 2.49. The van der Waals surface area contributed by atoms with Gasteiger partial charge in [-0.15, -0.1) is 11.3 Å². The van der Waals surface area contributed by atoms with Crippen molar-refractivity contribution < 1.29 is 4.42 Å². The Kier molecular flexibility index (Phi) is 5.82. The van der Waals surface area contributed by atoms with E-state index in [1.807, 2.05) is 11.3 Å². The molecule has 3 heteroatoms. The van der Waals surface area contributed by atoms with Crippen LogP contribution in [-0.4, -0.2) is 0 Å². The first-order valence-electron chi connectivity index (χ1n) is 16.5. The van der Waals surface area contributed by atoms with Crippen LogP contribution < -0.4 is 4.90 Å². The molecule has 0 aliphatic heterocycles. The molecule has 0 saturated heterocycles. The Hall–Kier alpha value is -5.64. The van der Waals surface area contributed by atoms with Crippen molar-refractivity contribution in [1.82, 2.24) is 0 Å². The van der Waals surface area contributed by atoms with E-state index in [4.69, 9.17) is 4.42 Å². The highest BCUT2D eigenvalue weighted by molar-refractivity contribution is 7.25. The molecule has 1 aliphatic carbocycles. The molecule has 0 N–H and O–H groups in total. The lowest BCUT2D eigenvalue weighted by Crippen LogP contribution is -2.16. The molecule has 2 heterocycles. The summed E-state index contributed by atoms with van der Waals surface area (Å²) in [5, 5.41) is 4.83. The predicted molar refractivity (Wildman–Crippen MR) is 204 cm³/mol. The monoisotopic (exact) mass is 633 g/mol. The van der Waals surface area contributed by atoms with Crippen LogP contribution in [0.25, 0.3) is 64.4 Å². The highest BCUT2D eigenvalue weighted by atomic mass is 32.1. The molecule has 10 rings (SSSR count). The zero-order valence-corrected chi connectivity index (χ0v) is 27.5. The molecular formula is C45H31NOS. The van der Waals surface area contributed by atoms with E-state index in [1.165, 1.54) is 48.1 Å². The van der Waals surface area contributed by atoms with Crippen LogP contribution in [0.4, 0.5) is 17.1 Å². The van der Waals surface area contributed by atoms with Gasteiger partial charge in [0.25, 0.3) is 0 Å². The van der Waals surface area contributed by atoms with Crippen molar-refractivity contribution in [2.24, 2.45) is 0 Å². The molecule has 9 aromatic rings. The van der Waals surface area contributed by atoms with Crippen molar-refractivity contribution in [2.45, 2.75) is 19.3 Å². The summed E-state index contributed by atoms with van der Waals surface area (Å²) < 4.78 is 9.36. The zero-order valence-electron chi connectivity index (χ0n) is 26.7. The average molecular weight is 634 g/mol. The van der Waals surface area contributed by atoms with E-state index < -0.39 is 0 Å². The van der Waals surface area contributed by atoms with Crippen LogP contribution in [0.1, 0.15) is 25.0 Å². The average Bonchev–Trinajstić information content (AvgIpc) is 3.77. The molecule has 7 aromatic carbocycles. The summed E-state index contributed by atoms with van der Waals surface area (Å²) in [6, 6.07) is 55.0. The number of rotatable bonds is 4. The van der Waals surface area contributed by atoms with Crippen molar-refractivity contribution in [3.05, 3.63) is 163 Å². The Morgan fingerprint density at radius 1 is 0.542 bits per heavy atom. The number of hydrogen-bond donors (Lipinski definition) is 0. The van der Waals surface area contributed by atoms with Crippen LogP contribution in [0.15, 0.2) is 156 Å². The molecule has 2 aromatic heterocycles. The summed E-state index contributed by atoms with van der Waals surface area (Å²) >= 11 is 1.86. The number of fused-ring (bicyclic) bond motifs is 9. The van der Waals surface area contributed by atoms with E-state index >= 15 is 0 Å². The third kappa shape index (κ3) is 3.85. The Labute approximate surface area is 283 Å². The van der Waals surface area contributed by atoms with Crippen molar-refractivity contribution in [1.29, 1.82) is 0 Å². The minimum atomic E-state index is -0.113. The van der Waals surface area contributed by atoms with Crippen molar-refractivity contribution in [2.75, 3.05) is 4.90 Å². The number of hydrogen-bond acceptors (Lipinski definition) is 3. The lowest BCUT2D eigenvalue weighted by Gasteiger charge is -2.29. The highest BCUT2D eigenvalue weighted by Crippen LogP contribution is 2.55. The molecule has 0 radical (unpaired) electrons. The standard InChI is InChI=1S/C45H31NOS/c1-45(2)35-18-9-6-16-33(35)42-36(45)19-12-20-37(42)46(29-23-24-32-31-15-8-11-22-40(31)48-41(32)27-29)38-26-25-30(28-13-4-3-5-14-28)44-43(38)34-17-7-10-21-39(34)47-44/h3-27H,1-2H3. The molecule has 48 heavy (non-hydrogen) atoms. The molecule has 0 amide bonds. The van der Waals surface area contributed by atoms with E-state index in [9.17, 15) is 0 Å². The fraction of sp³-hybridized carbons (Fsp3) is 0.0667. The van der Waals surface area contributed by atoms with Crippen LogP contribution >= 0.6 is 11.3 Å². The molecule has 1 aliphatic rings. The minimum Gasteiger partial charge on any atom is -0.455 e. The second kappa shape index (κ2) is 10.2. The van der Waals surface area contributed by atoms with Crippen molar-refractivity contribution in [3.63, 3.8) is 0 Å². The first kappa shape index (κ1) is 27.5. The van der Waals surface area contributed by atoms with E-state index in [-0.39, 0.29) is 5.41 Å². The van der Waals surface area contributed by atoms with Gasteiger partial charge in [0.05, 0.1) is 16.8 Å². The third-order valence-electron chi connectivity index (χ3n) is 10.3. The second-order valence-corrected chi connectivity index (χ2v) is 14.4. The van der Waals surface area contributed by atoms with Gasteiger partial charge in [-0.1, -0.05) is 123 Å². The summed E-state index contributed by atoms with van der Waals surface area (Å²) in [6.07, 6.45) is 0. The number of para-hydroxylation sites is 1. The SMILES string of the molecule is CC1(C)c2ccccc2-c2c(N(c3ccc4c(c3)sc3ccccc34)c3ccc(-c4ccccc4)c4oc5ccccc5c34)cccc21. The van der Waals surface area contributed by atoms with E-state index in [2.05, 4.69) is 170 Å². The summed E-state index contributed by atoms with van der Waals surface area (Å²) in [6.45, 7) is 4.71. The maximum absolute atomic E-state index is 6.77. The molecule has 0 spiro atoms. The maximum Gasteiger partial charge on any atom is 0.145 e. The molecule has 0 fully saturated rings. The van der Waals surface area contributed by atoms with Crippen LogP contribution in [0.3, 0.4) is 0 Å². The lowest BCUT2D eigenvalue weighted by atomic mass is 9.82. The topological polar surface area (TPSA) is 16.4 Å². The third-order valence-corrected chi connectivity index (χ3v) is 11.4. The molecule has 0 atom stereocenters. The summed E-state index contributed by atoms with van der Waals surface area (Å²) in [5.74, 6) is 0. The molecule has 228 valence electrons. The van der Waals surface area contributed by atoms with E-state index in [1.54, 1.807) is 0 Å². The Balaban J connectivity index is 1.32. The Morgan fingerprint density at radius 2 is 1.27 bits per heavy atom. The number of nitrogens with zero attached hydrogens (tertiary/aromatic N) is 1. The van der Waals surface area contributed by atoms with Gasteiger partial charge in [0.1, 0.15) is 11.2 Å². The number of benzene rings is 7. The Bertz CT molecular complexity index is 2710. The fourth-order valence-corrected chi connectivity index (χ4v) is 9.16. The zero-order chi connectivity index (χ0) is 32.0. The molecule has 0 unspecified atom stereocenters. The summed E-state index contributed by atoms with van der Waals surface area (Å²) in [5.41, 5.74) is 12.6.